The van der Waals surface area contributed by atoms with Crippen LogP contribution in [0.1, 0.15) is 0 Å². The van der Waals surface area contributed by atoms with Crippen molar-refractivity contribution in [1.82, 2.24) is 0 Å². The second-order valence-electron chi connectivity index (χ2n) is 6.01. The number of hydrogen-bond donors (Lipinski definition) is 3. The van der Waals surface area contributed by atoms with E-state index in [-0.39, 0.29) is 18.8 Å². The molecule has 2 rings (SSSR count). The Balaban J connectivity index is 2.11. The monoisotopic (exact) mass is 476 g/mol. The summed E-state index contributed by atoms with van der Waals surface area (Å²) in [7, 11) is 0. The normalized spacial score (nSPS) is 27.8. The number of carbonyl (C=O) groups is 1. The van der Waals surface area contributed by atoms with Gasteiger partial charge in [-0.2, -0.15) is 0 Å². The van der Waals surface area contributed by atoms with Crippen molar-refractivity contribution in [2.24, 2.45) is 0 Å². The molecule has 0 amide bonds. The van der Waals surface area contributed by atoms with Crippen molar-refractivity contribution in [3.05, 3.63) is 24.3 Å². The van der Waals surface area contributed by atoms with Gasteiger partial charge in [-0.1, -0.05) is 0 Å². The van der Waals surface area contributed by atoms with E-state index in [1.807, 2.05) is 0 Å². The van der Waals surface area contributed by atoms with Crippen LogP contribution in [0.3, 0.4) is 0 Å². The first kappa shape index (κ1) is 23.6. The molecule has 28 heavy (non-hydrogen) atoms. The van der Waals surface area contributed by atoms with E-state index in [4.69, 9.17) is 55.9 Å². The summed E-state index contributed by atoms with van der Waals surface area (Å²) in [6.07, 6.45) is -8.71. The highest BCUT2D eigenvalue weighted by Crippen LogP contribution is 2.27. The molecule has 0 aliphatic carbocycles. The maximum absolute atomic E-state index is 11.0. The lowest BCUT2D eigenvalue weighted by Gasteiger charge is -2.40. The number of carboxylic acid groups (broad SMARTS) is 1. The fourth-order valence-corrected chi connectivity index (χ4v) is 3.29. The van der Waals surface area contributed by atoms with Gasteiger partial charge in [-0.15, -0.1) is 46.4 Å². The van der Waals surface area contributed by atoms with Crippen molar-refractivity contribution < 1.29 is 34.7 Å². The summed E-state index contributed by atoms with van der Waals surface area (Å²) in [6, 6.07) is 6.30. The molecule has 0 unspecified atom stereocenters. The number of ether oxygens (including phenoxy) is 2. The van der Waals surface area contributed by atoms with E-state index in [2.05, 4.69) is 0 Å². The van der Waals surface area contributed by atoms with Gasteiger partial charge in [-0.25, -0.2) is 0 Å². The zero-order valence-corrected chi connectivity index (χ0v) is 17.2. The molecule has 5 atom stereocenters. The Morgan fingerprint density at radius 2 is 1.57 bits per heavy atom. The third kappa shape index (κ3) is 6.14. The number of halogens is 4. The molecule has 1 aromatic rings. The number of carbonyl (C=O) groups excluding carboxylic acids is 1. The zero-order valence-electron chi connectivity index (χ0n) is 14.2. The van der Waals surface area contributed by atoms with E-state index in [1.54, 1.807) is 17.0 Å². The number of benzene rings is 1. The van der Waals surface area contributed by atoms with E-state index in [0.29, 0.717) is 5.69 Å². The molecule has 0 spiro atoms. The number of nitrogens with zero attached hydrogens (tertiary/aromatic N) is 1. The maximum atomic E-state index is 11.0. The summed E-state index contributed by atoms with van der Waals surface area (Å²) in [5.74, 6) is -1.54. The number of aliphatic hydroxyl groups is 3. The molecular formula is C16H18Cl4NO7-. The maximum Gasteiger partial charge on any atom is 0.229 e. The molecule has 158 valence electrons. The van der Waals surface area contributed by atoms with Crippen LogP contribution in [-0.2, 0) is 9.53 Å². The fraction of sp³-hybridized carbons (Fsp3) is 0.562. The highest BCUT2D eigenvalue weighted by molar-refractivity contribution is 6.45. The van der Waals surface area contributed by atoms with Crippen LogP contribution in [-0.4, -0.2) is 74.8 Å². The quantitative estimate of drug-likeness (QED) is 0.448. The van der Waals surface area contributed by atoms with E-state index in [0.717, 1.165) is 0 Å². The number of carboxylic acids is 1. The van der Waals surface area contributed by atoms with E-state index in [9.17, 15) is 25.2 Å². The fourth-order valence-electron chi connectivity index (χ4n) is 2.63. The first-order chi connectivity index (χ1) is 13.1. The molecule has 3 N–H and O–H groups in total. The summed E-state index contributed by atoms with van der Waals surface area (Å²) in [5, 5.41) is 40.4. The Morgan fingerprint density at radius 1 is 1.04 bits per heavy atom. The van der Waals surface area contributed by atoms with Crippen LogP contribution in [0.25, 0.3) is 0 Å². The van der Waals surface area contributed by atoms with Crippen LogP contribution in [0.15, 0.2) is 24.3 Å². The third-order valence-corrected chi connectivity index (χ3v) is 4.52. The molecule has 0 saturated carbocycles. The summed E-state index contributed by atoms with van der Waals surface area (Å²) in [6.45, 7) is 0.530. The lowest BCUT2D eigenvalue weighted by atomic mass is 9.99. The minimum absolute atomic E-state index is 0.204. The standard InChI is InChI=1S/C16H19Cl4NO7/c17-9(18)5-21(6-10(19)20)7-1-3-8(4-2-7)27-16-13(24)11(22)12(23)14(28-16)15(25)26/h1-4,9-14,16,22-24H,5-6H2,(H,25,26)/p-1/t11-,12-,13+,14-,16+/m0/s1. The van der Waals surface area contributed by atoms with Crippen LogP contribution in [0, 0.1) is 0 Å². The topological polar surface area (TPSA) is 123 Å². The Labute approximate surface area is 181 Å². The molecule has 12 heteroatoms. The van der Waals surface area contributed by atoms with Gasteiger partial charge < -0.3 is 39.6 Å². The molecule has 1 saturated heterocycles. The molecule has 8 nitrogen and oxygen atoms in total. The summed E-state index contributed by atoms with van der Waals surface area (Å²) in [5.41, 5.74) is 0.679. The van der Waals surface area contributed by atoms with E-state index >= 15 is 0 Å². The number of rotatable bonds is 8. The van der Waals surface area contributed by atoms with Gasteiger partial charge in [0, 0.05) is 18.8 Å². The van der Waals surface area contributed by atoms with Gasteiger partial charge in [0.15, 0.2) is 0 Å². The van der Waals surface area contributed by atoms with Crippen molar-refractivity contribution in [2.45, 2.75) is 40.4 Å². The summed E-state index contributed by atoms with van der Waals surface area (Å²) < 4.78 is 10.4. The van der Waals surface area contributed by atoms with Crippen LogP contribution in [0.2, 0.25) is 0 Å². The zero-order chi connectivity index (χ0) is 21.0. The van der Waals surface area contributed by atoms with Crippen LogP contribution in [0.5, 0.6) is 5.75 Å². The molecular weight excluding hydrogens is 460 g/mol. The third-order valence-electron chi connectivity index (χ3n) is 3.97. The summed E-state index contributed by atoms with van der Waals surface area (Å²) >= 11 is 23.3. The highest BCUT2D eigenvalue weighted by Gasteiger charge is 2.45. The van der Waals surface area contributed by atoms with Crippen LogP contribution >= 0.6 is 46.4 Å². The van der Waals surface area contributed by atoms with Crippen LogP contribution < -0.4 is 14.7 Å². The van der Waals surface area contributed by atoms with Gasteiger partial charge in [0.1, 0.15) is 39.8 Å². The minimum atomic E-state index is -1.85. The highest BCUT2D eigenvalue weighted by atomic mass is 35.5. The molecule has 1 fully saturated rings. The number of anilines is 1. The van der Waals surface area contributed by atoms with Gasteiger partial charge in [0.05, 0.1) is 5.97 Å². The first-order valence-corrected chi connectivity index (χ1v) is 9.83. The molecule has 0 bridgehead atoms. The Morgan fingerprint density at radius 3 is 2.04 bits per heavy atom. The smallest absolute Gasteiger partial charge is 0.229 e. The average Bonchev–Trinajstić information content (AvgIpc) is 2.61. The van der Waals surface area contributed by atoms with Gasteiger partial charge in [-0.3, -0.25) is 0 Å². The van der Waals surface area contributed by atoms with Crippen molar-refractivity contribution >= 4 is 58.1 Å². The molecule has 1 aliphatic rings. The van der Waals surface area contributed by atoms with Gasteiger partial charge >= 0.3 is 0 Å². The van der Waals surface area contributed by atoms with Gasteiger partial charge in [0.25, 0.3) is 0 Å². The largest absolute Gasteiger partial charge is 0.547 e. The molecule has 0 radical (unpaired) electrons. The molecule has 1 heterocycles. The Kier molecular flexibility index (Phi) is 8.72. The van der Waals surface area contributed by atoms with Crippen LogP contribution in [0.4, 0.5) is 5.69 Å². The molecule has 0 aromatic heterocycles. The lowest BCUT2D eigenvalue weighted by molar-refractivity contribution is -0.342. The predicted molar refractivity (Wildman–Crippen MR) is 102 cm³/mol. The van der Waals surface area contributed by atoms with Crippen molar-refractivity contribution in [3.8, 4) is 5.75 Å². The second-order valence-corrected chi connectivity index (χ2v) is 8.57. The number of aliphatic carboxylic acids is 1. The minimum Gasteiger partial charge on any atom is -0.547 e. The first-order valence-electron chi connectivity index (χ1n) is 8.08. The predicted octanol–water partition coefficient (Wildman–Crippen LogP) is 0.0367. The van der Waals surface area contributed by atoms with E-state index < -0.39 is 46.3 Å². The average molecular weight is 478 g/mol. The van der Waals surface area contributed by atoms with Gasteiger partial charge in [-0.05, 0) is 24.3 Å². The van der Waals surface area contributed by atoms with E-state index in [1.165, 1.54) is 12.1 Å². The number of hydrogen-bond acceptors (Lipinski definition) is 8. The molecule has 1 aliphatic heterocycles. The molecule has 1 aromatic carbocycles. The summed E-state index contributed by atoms with van der Waals surface area (Å²) in [4.78, 5) is 11.4. The van der Waals surface area contributed by atoms with Crippen molar-refractivity contribution in [3.63, 3.8) is 0 Å². The van der Waals surface area contributed by atoms with Crippen molar-refractivity contribution in [1.29, 1.82) is 0 Å². The van der Waals surface area contributed by atoms with Crippen molar-refractivity contribution in [2.75, 3.05) is 18.0 Å². The number of alkyl halides is 4. The number of aliphatic hydroxyl groups excluding tert-OH is 3. The van der Waals surface area contributed by atoms with Gasteiger partial charge in [0.2, 0.25) is 6.29 Å². The SMILES string of the molecule is O=C([O-])[C@H]1O[C@@H](Oc2ccc(N(CC(Cl)Cl)CC(Cl)Cl)cc2)[C@H](O)[C@@H](O)[C@@H]1O. The Hall–Kier alpha value is -0.710. The second kappa shape index (κ2) is 10.4. The Bertz CT molecular complexity index is 638. The lowest BCUT2D eigenvalue weighted by Crippen LogP contribution is -2.63.